The second-order valence-electron chi connectivity index (χ2n) is 6.86. The highest BCUT2D eigenvalue weighted by Crippen LogP contribution is 2.36. The maximum absolute atomic E-state index is 14.1. The molecule has 0 heterocycles. The van der Waals surface area contributed by atoms with E-state index in [0.29, 0.717) is 25.8 Å². The summed E-state index contributed by atoms with van der Waals surface area (Å²) in [6.07, 6.45) is 5.18. The lowest BCUT2D eigenvalue weighted by Crippen LogP contribution is -2.35. The molecule has 1 aliphatic carbocycles. The molecule has 1 aromatic rings. The molecule has 1 fully saturated rings. The average Bonchev–Trinajstić information content (AvgIpc) is 2.95. The monoisotopic (exact) mass is 362 g/mol. The molecule has 6 heteroatoms. The van der Waals surface area contributed by atoms with Gasteiger partial charge in [-0.25, -0.2) is 9.18 Å². The third-order valence-corrected chi connectivity index (χ3v) is 4.82. The molecule has 1 saturated carbocycles. The topological polar surface area (TPSA) is 78.4 Å². The van der Waals surface area contributed by atoms with Gasteiger partial charge in [-0.3, -0.25) is 4.79 Å². The average molecular weight is 362 g/mol. The number of anilines is 1. The van der Waals surface area contributed by atoms with E-state index in [1.54, 1.807) is 6.08 Å². The van der Waals surface area contributed by atoms with Gasteiger partial charge in [0.05, 0.1) is 0 Å². The summed E-state index contributed by atoms with van der Waals surface area (Å²) in [5.74, 6) is -0.866. The van der Waals surface area contributed by atoms with Gasteiger partial charge in [0.2, 0.25) is 0 Å². The molecular formula is C20H27FN2O3. The lowest BCUT2D eigenvalue weighted by molar-refractivity contribution is -0.136. The number of alkyl halides is 1. The van der Waals surface area contributed by atoms with Crippen LogP contribution in [0.3, 0.4) is 0 Å². The number of aliphatic carboxylic acids is 1. The van der Waals surface area contributed by atoms with Crippen LogP contribution in [0.2, 0.25) is 0 Å². The zero-order valence-electron chi connectivity index (χ0n) is 15.1. The molecule has 3 N–H and O–H groups in total. The first-order chi connectivity index (χ1) is 12.5. The van der Waals surface area contributed by atoms with Gasteiger partial charge < -0.3 is 15.7 Å². The van der Waals surface area contributed by atoms with Crippen molar-refractivity contribution in [1.29, 1.82) is 0 Å². The molecule has 3 atom stereocenters. The summed E-state index contributed by atoms with van der Waals surface area (Å²) in [6.45, 7) is 2.42. The molecule has 0 spiro atoms. The number of halogens is 1. The molecule has 1 aromatic carbocycles. The van der Waals surface area contributed by atoms with E-state index in [1.165, 1.54) is 0 Å². The lowest BCUT2D eigenvalue weighted by atomic mass is 9.91. The highest BCUT2D eigenvalue weighted by molar-refractivity contribution is 5.89. The first kappa shape index (κ1) is 19.9. The second kappa shape index (κ2) is 9.94. The molecule has 26 heavy (non-hydrogen) atoms. The van der Waals surface area contributed by atoms with Crippen LogP contribution >= 0.6 is 0 Å². The van der Waals surface area contributed by atoms with E-state index in [0.717, 1.165) is 17.7 Å². The number of allylic oxidation sites excluding steroid dienone is 2. The fourth-order valence-corrected chi connectivity index (χ4v) is 3.30. The zero-order valence-corrected chi connectivity index (χ0v) is 15.1. The molecule has 0 aromatic heterocycles. The fraction of sp³-hybridized carbons (Fsp3) is 0.500. The van der Waals surface area contributed by atoms with Gasteiger partial charge in [0.15, 0.2) is 0 Å². The molecule has 0 saturated heterocycles. The van der Waals surface area contributed by atoms with E-state index in [9.17, 15) is 14.0 Å². The van der Waals surface area contributed by atoms with Crippen LogP contribution in [-0.4, -0.2) is 29.8 Å². The molecule has 2 amide bonds. The largest absolute Gasteiger partial charge is 0.481 e. The summed E-state index contributed by atoms with van der Waals surface area (Å²) in [7, 11) is 0. The van der Waals surface area contributed by atoms with E-state index in [1.807, 2.05) is 37.3 Å². The third-order valence-electron chi connectivity index (χ3n) is 4.82. The molecular weight excluding hydrogens is 335 g/mol. The highest BCUT2D eigenvalue weighted by atomic mass is 19.1. The number of carbonyl (C=O) groups is 2. The lowest BCUT2D eigenvalue weighted by Gasteiger charge is -2.20. The molecule has 0 aliphatic heterocycles. The van der Waals surface area contributed by atoms with E-state index in [2.05, 4.69) is 10.6 Å². The van der Waals surface area contributed by atoms with Crippen molar-refractivity contribution in [3.63, 3.8) is 0 Å². The van der Waals surface area contributed by atoms with Crippen LogP contribution < -0.4 is 10.6 Å². The first-order valence-electron chi connectivity index (χ1n) is 9.08. The van der Waals surface area contributed by atoms with Crippen molar-refractivity contribution >= 4 is 17.7 Å². The van der Waals surface area contributed by atoms with Crippen molar-refractivity contribution in [3.05, 3.63) is 42.0 Å². The molecule has 0 radical (unpaired) electrons. The zero-order chi connectivity index (χ0) is 18.9. The Labute approximate surface area is 153 Å². The molecule has 0 unspecified atom stereocenters. The third kappa shape index (κ3) is 6.50. The summed E-state index contributed by atoms with van der Waals surface area (Å²) in [5.41, 5.74) is 1.84. The SMILES string of the molecule is Cc1ccc(NC(=O)NC[C@H]2CC[C@@H](F)[C@@H]2C/C=C\CCC(=O)O)cc1. The first-order valence-corrected chi connectivity index (χ1v) is 9.08. The molecule has 0 bridgehead atoms. The summed E-state index contributed by atoms with van der Waals surface area (Å²) in [4.78, 5) is 22.5. The number of hydrogen-bond donors (Lipinski definition) is 3. The molecule has 142 valence electrons. The number of carboxylic acids is 1. The molecule has 2 rings (SSSR count). The van der Waals surface area contributed by atoms with Crippen molar-refractivity contribution in [3.8, 4) is 0 Å². The molecule has 1 aliphatic rings. The number of carboxylic acid groups (broad SMARTS) is 1. The van der Waals surface area contributed by atoms with Crippen LogP contribution in [0.4, 0.5) is 14.9 Å². The van der Waals surface area contributed by atoms with Crippen LogP contribution in [0.25, 0.3) is 0 Å². The predicted octanol–water partition coefficient (Wildman–Crippen LogP) is 4.29. The van der Waals surface area contributed by atoms with Crippen LogP contribution in [0.5, 0.6) is 0 Å². The summed E-state index contributed by atoms with van der Waals surface area (Å²) < 4.78 is 14.1. The standard InChI is InChI=1S/C20H27FN2O3/c1-14-7-10-16(11-8-14)23-20(26)22-13-15-9-12-18(21)17(15)5-3-2-4-6-19(24)25/h2-3,7-8,10-11,15,17-18H,4-6,9,12-13H2,1H3,(H,24,25)(H2,22,23,26)/b3-2-/t15-,17-,18-/m1/s1. The van der Waals surface area contributed by atoms with E-state index in [4.69, 9.17) is 5.11 Å². The predicted molar refractivity (Wildman–Crippen MR) is 99.9 cm³/mol. The number of rotatable bonds is 8. The van der Waals surface area contributed by atoms with Crippen molar-refractivity contribution in [2.24, 2.45) is 11.8 Å². The number of nitrogens with one attached hydrogen (secondary N) is 2. The number of aryl methyl sites for hydroxylation is 1. The fourth-order valence-electron chi connectivity index (χ4n) is 3.30. The number of amides is 2. The van der Waals surface area contributed by atoms with Gasteiger partial charge in [0.1, 0.15) is 6.17 Å². The Balaban J connectivity index is 1.76. The normalized spacial score (nSPS) is 22.5. The van der Waals surface area contributed by atoms with Gasteiger partial charge >= 0.3 is 12.0 Å². The van der Waals surface area contributed by atoms with E-state index < -0.39 is 12.1 Å². The Hall–Kier alpha value is -2.37. The Bertz CT molecular complexity index is 630. The summed E-state index contributed by atoms with van der Waals surface area (Å²) >= 11 is 0. The summed E-state index contributed by atoms with van der Waals surface area (Å²) in [6, 6.07) is 7.24. The van der Waals surface area contributed by atoms with Gasteiger partial charge in [-0.15, -0.1) is 0 Å². The summed E-state index contributed by atoms with van der Waals surface area (Å²) in [5, 5.41) is 14.2. The Morgan fingerprint density at radius 2 is 1.96 bits per heavy atom. The Morgan fingerprint density at radius 3 is 2.65 bits per heavy atom. The van der Waals surface area contributed by atoms with Gasteiger partial charge in [0.25, 0.3) is 0 Å². The smallest absolute Gasteiger partial charge is 0.319 e. The number of hydrogen-bond acceptors (Lipinski definition) is 2. The van der Waals surface area contributed by atoms with Crippen molar-refractivity contribution in [2.75, 3.05) is 11.9 Å². The van der Waals surface area contributed by atoms with Crippen LogP contribution in [0.15, 0.2) is 36.4 Å². The van der Waals surface area contributed by atoms with Crippen molar-refractivity contribution in [2.45, 2.75) is 45.2 Å². The van der Waals surface area contributed by atoms with Gasteiger partial charge in [-0.1, -0.05) is 29.8 Å². The molecule has 5 nitrogen and oxygen atoms in total. The Morgan fingerprint density at radius 1 is 1.23 bits per heavy atom. The number of urea groups is 1. The van der Waals surface area contributed by atoms with Crippen molar-refractivity contribution in [1.82, 2.24) is 5.32 Å². The minimum absolute atomic E-state index is 0.0877. The van der Waals surface area contributed by atoms with Crippen molar-refractivity contribution < 1.29 is 19.1 Å². The minimum atomic E-state index is -0.869. The van der Waals surface area contributed by atoms with Gasteiger partial charge in [0, 0.05) is 18.7 Å². The van der Waals surface area contributed by atoms with E-state index >= 15 is 0 Å². The van der Waals surface area contributed by atoms with Crippen LogP contribution in [0.1, 0.15) is 37.7 Å². The van der Waals surface area contributed by atoms with Gasteiger partial charge in [-0.05, 0) is 56.6 Å². The number of carbonyl (C=O) groups excluding carboxylic acids is 1. The van der Waals surface area contributed by atoms with Gasteiger partial charge in [-0.2, -0.15) is 0 Å². The second-order valence-corrected chi connectivity index (χ2v) is 6.86. The maximum atomic E-state index is 14.1. The number of benzene rings is 1. The maximum Gasteiger partial charge on any atom is 0.319 e. The highest BCUT2D eigenvalue weighted by Gasteiger charge is 2.35. The van der Waals surface area contributed by atoms with Crippen LogP contribution in [-0.2, 0) is 4.79 Å². The van der Waals surface area contributed by atoms with E-state index in [-0.39, 0.29) is 24.3 Å². The minimum Gasteiger partial charge on any atom is -0.481 e. The van der Waals surface area contributed by atoms with Crippen LogP contribution in [0, 0.1) is 18.8 Å². The quantitative estimate of drug-likeness (QED) is 0.604. The Kier molecular flexibility index (Phi) is 7.63.